The molecule has 0 aromatic heterocycles. The van der Waals surface area contributed by atoms with Crippen LogP contribution in [0.1, 0.15) is 31.9 Å². The molecule has 0 heterocycles. The van der Waals surface area contributed by atoms with E-state index < -0.39 is 0 Å². The van der Waals surface area contributed by atoms with Crippen LogP contribution >= 0.6 is 15.9 Å². The maximum atomic E-state index is 6.28. The van der Waals surface area contributed by atoms with Gasteiger partial charge in [0.25, 0.3) is 0 Å². The summed E-state index contributed by atoms with van der Waals surface area (Å²) in [7, 11) is 1.75. The summed E-state index contributed by atoms with van der Waals surface area (Å²) in [6.45, 7) is 8.35. The smallest absolute Gasteiger partial charge is 0.0589 e. The number of nitrogens with two attached hydrogens (primary N) is 1. The van der Waals surface area contributed by atoms with Gasteiger partial charge >= 0.3 is 0 Å². The van der Waals surface area contributed by atoms with Gasteiger partial charge in [0.1, 0.15) is 0 Å². The van der Waals surface area contributed by atoms with E-state index >= 15 is 0 Å². The number of ether oxygens (including phenoxy) is 1. The fourth-order valence-electron chi connectivity index (χ4n) is 2.23. The average molecular weight is 343 g/mol. The summed E-state index contributed by atoms with van der Waals surface area (Å²) in [5, 5.41) is 0. The molecule has 0 spiro atoms. The molecular weight excluding hydrogens is 316 g/mol. The molecule has 0 radical (unpaired) electrons. The summed E-state index contributed by atoms with van der Waals surface area (Å²) in [6, 6.07) is 8.38. The summed E-state index contributed by atoms with van der Waals surface area (Å²) in [4.78, 5) is 2.44. The Morgan fingerprint density at radius 1 is 1.20 bits per heavy atom. The van der Waals surface area contributed by atoms with Crippen LogP contribution in [0.15, 0.2) is 28.7 Å². The standard InChI is InChI=1S/C16H27BrN2O/c1-13(2)12-19(10-11-20-3)9-8-16(18)14-4-6-15(17)7-5-14/h4-7,13,16H,8-12,18H2,1-3H3. The molecule has 114 valence electrons. The third-order valence-electron chi connectivity index (χ3n) is 3.29. The fourth-order valence-corrected chi connectivity index (χ4v) is 2.49. The van der Waals surface area contributed by atoms with Gasteiger partial charge in [-0.15, -0.1) is 0 Å². The molecule has 0 bridgehead atoms. The number of hydrogen-bond acceptors (Lipinski definition) is 3. The van der Waals surface area contributed by atoms with Gasteiger partial charge in [-0.1, -0.05) is 41.9 Å². The highest BCUT2D eigenvalue weighted by molar-refractivity contribution is 9.10. The van der Waals surface area contributed by atoms with Crippen LogP contribution in [0, 0.1) is 5.92 Å². The van der Waals surface area contributed by atoms with Crippen molar-refractivity contribution >= 4 is 15.9 Å². The molecule has 0 aliphatic rings. The summed E-state index contributed by atoms with van der Waals surface area (Å²) in [6.07, 6.45) is 0.970. The van der Waals surface area contributed by atoms with Crippen LogP contribution < -0.4 is 5.73 Å². The van der Waals surface area contributed by atoms with Crippen molar-refractivity contribution in [1.29, 1.82) is 0 Å². The third kappa shape index (κ3) is 6.84. The maximum Gasteiger partial charge on any atom is 0.0589 e. The van der Waals surface area contributed by atoms with Crippen LogP contribution in [-0.2, 0) is 4.74 Å². The first-order chi connectivity index (χ1) is 9.52. The average Bonchev–Trinajstić information content (AvgIpc) is 2.41. The zero-order valence-corrected chi connectivity index (χ0v) is 14.4. The number of halogens is 1. The largest absolute Gasteiger partial charge is 0.383 e. The lowest BCUT2D eigenvalue weighted by Gasteiger charge is -2.25. The van der Waals surface area contributed by atoms with E-state index in [1.165, 1.54) is 5.56 Å². The van der Waals surface area contributed by atoms with Crippen LogP contribution in [0.3, 0.4) is 0 Å². The van der Waals surface area contributed by atoms with Crippen molar-refractivity contribution in [3.05, 3.63) is 34.3 Å². The molecule has 4 heteroatoms. The quantitative estimate of drug-likeness (QED) is 0.746. The minimum atomic E-state index is 0.0975. The predicted octanol–water partition coefficient (Wildman–Crippen LogP) is 3.44. The van der Waals surface area contributed by atoms with E-state index in [0.29, 0.717) is 5.92 Å². The normalized spacial score (nSPS) is 13.2. The Hall–Kier alpha value is -0.420. The van der Waals surface area contributed by atoms with Crippen molar-refractivity contribution in [3.63, 3.8) is 0 Å². The van der Waals surface area contributed by atoms with Gasteiger partial charge in [0, 0.05) is 37.3 Å². The first-order valence-electron chi connectivity index (χ1n) is 7.25. The Bertz CT molecular complexity index is 367. The lowest BCUT2D eigenvalue weighted by atomic mass is 10.0. The number of benzene rings is 1. The number of nitrogens with zero attached hydrogens (tertiary/aromatic N) is 1. The highest BCUT2D eigenvalue weighted by atomic mass is 79.9. The van der Waals surface area contributed by atoms with E-state index in [-0.39, 0.29) is 6.04 Å². The van der Waals surface area contributed by atoms with Crippen molar-refractivity contribution < 1.29 is 4.74 Å². The second-order valence-corrected chi connectivity index (χ2v) is 6.55. The van der Waals surface area contributed by atoms with Crippen molar-refractivity contribution in [3.8, 4) is 0 Å². The van der Waals surface area contributed by atoms with Crippen LogP contribution in [0.25, 0.3) is 0 Å². The van der Waals surface area contributed by atoms with Gasteiger partial charge in [0.05, 0.1) is 6.61 Å². The molecule has 1 atom stereocenters. The van der Waals surface area contributed by atoms with Crippen LogP contribution in [0.2, 0.25) is 0 Å². The zero-order valence-electron chi connectivity index (χ0n) is 12.8. The molecule has 0 amide bonds. The minimum Gasteiger partial charge on any atom is -0.383 e. The Morgan fingerprint density at radius 3 is 2.40 bits per heavy atom. The lowest BCUT2D eigenvalue weighted by molar-refractivity contribution is 0.138. The molecule has 3 nitrogen and oxygen atoms in total. The topological polar surface area (TPSA) is 38.5 Å². The van der Waals surface area contributed by atoms with Gasteiger partial charge in [-0.25, -0.2) is 0 Å². The molecule has 1 rings (SSSR count). The molecule has 1 aromatic rings. The molecule has 0 aliphatic heterocycles. The molecule has 0 aliphatic carbocycles. The maximum absolute atomic E-state index is 6.28. The van der Waals surface area contributed by atoms with Gasteiger partial charge in [0.2, 0.25) is 0 Å². The Balaban J connectivity index is 2.46. The van der Waals surface area contributed by atoms with Gasteiger partial charge < -0.3 is 15.4 Å². The van der Waals surface area contributed by atoms with Crippen LogP contribution in [-0.4, -0.2) is 38.3 Å². The number of methoxy groups -OCH3 is 1. The Morgan fingerprint density at radius 2 is 1.85 bits per heavy atom. The summed E-state index contributed by atoms with van der Waals surface area (Å²) in [5.41, 5.74) is 7.48. The van der Waals surface area contributed by atoms with E-state index in [1.807, 2.05) is 12.1 Å². The summed E-state index contributed by atoms with van der Waals surface area (Å²) in [5.74, 6) is 0.663. The lowest BCUT2D eigenvalue weighted by Crippen LogP contribution is -2.33. The number of rotatable bonds is 9. The van der Waals surface area contributed by atoms with Gasteiger partial charge in [-0.3, -0.25) is 0 Å². The second-order valence-electron chi connectivity index (χ2n) is 5.63. The SMILES string of the molecule is COCCN(CCC(N)c1ccc(Br)cc1)CC(C)C. The first kappa shape index (κ1) is 17.6. The van der Waals surface area contributed by atoms with Gasteiger partial charge in [-0.2, -0.15) is 0 Å². The van der Waals surface area contributed by atoms with E-state index in [1.54, 1.807) is 7.11 Å². The zero-order chi connectivity index (χ0) is 15.0. The molecular formula is C16H27BrN2O. The van der Waals surface area contributed by atoms with E-state index in [9.17, 15) is 0 Å². The molecule has 2 N–H and O–H groups in total. The van der Waals surface area contributed by atoms with E-state index in [2.05, 4.69) is 46.8 Å². The van der Waals surface area contributed by atoms with E-state index in [0.717, 1.165) is 37.1 Å². The molecule has 0 saturated carbocycles. The second kappa shape index (κ2) is 9.50. The van der Waals surface area contributed by atoms with E-state index in [4.69, 9.17) is 10.5 Å². The fraction of sp³-hybridized carbons (Fsp3) is 0.625. The molecule has 1 aromatic carbocycles. The predicted molar refractivity (Wildman–Crippen MR) is 88.8 cm³/mol. The Kier molecular flexibility index (Phi) is 8.38. The summed E-state index contributed by atoms with van der Waals surface area (Å²) >= 11 is 3.45. The highest BCUT2D eigenvalue weighted by Crippen LogP contribution is 2.18. The van der Waals surface area contributed by atoms with Crippen molar-refractivity contribution in [2.45, 2.75) is 26.3 Å². The van der Waals surface area contributed by atoms with Gasteiger partial charge in [0.15, 0.2) is 0 Å². The summed E-state index contributed by atoms with van der Waals surface area (Å²) < 4.78 is 6.27. The van der Waals surface area contributed by atoms with Crippen molar-refractivity contribution in [2.24, 2.45) is 11.7 Å². The van der Waals surface area contributed by atoms with Crippen molar-refractivity contribution in [2.75, 3.05) is 33.4 Å². The van der Waals surface area contributed by atoms with Crippen LogP contribution in [0.5, 0.6) is 0 Å². The number of hydrogen-bond donors (Lipinski definition) is 1. The van der Waals surface area contributed by atoms with Crippen molar-refractivity contribution in [1.82, 2.24) is 4.90 Å². The molecule has 1 unspecified atom stereocenters. The molecule has 0 fully saturated rings. The molecule has 20 heavy (non-hydrogen) atoms. The van der Waals surface area contributed by atoms with Crippen LogP contribution in [0.4, 0.5) is 0 Å². The Labute approximate surface area is 131 Å². The van der Waals surface area contributed by atoms with Gasteiger partial charge in [-0.05, 0) is 30.0 Å². The highest BCUT2D eigenvalue weighted by Gasteiger charge is 2.11. The minimum absolute atomic E-state index is 0.0975. The molecule has 0 saturated heterocycles. The first-order valence-corrected chi connectivity index (χ1v) is 8.04. The monoisotopic (exact) mass is 342 g/mol. The third-order valence-corrected chi connectivity index (χ3v) is 3.82.